The maximum atomic E-state index is 10.7. The van der Waals surface area contributed by atoms with Crippen molar-refractivity contribution in [1.82, 2.24) is 10.2 Å². The molecule has 0 saturated heterocycles. The van der Waals surface area contributed by atoms with Gasteiger partial charge in [-0.3, -0.25) is 4.79 Å². The van der Waals surface area contributed by atoms with Crippen molar-refractivity contribution in [2.45, 2.75) is 20.3 Å². The third kappa shape index (κ3) is 9.08. The number of rotatable bonds is 6. The quantitative estimate of drug-likeness (QED) is 0.494. The highest BCUT2D eigenvalue weighted by molar-refractivity contribution is 5.87. The van der Waals surface area contributed by atoms with E-state index < -0.39 is 0 Å². The number of ketones is 1. The highest BCUT2D eigenvalue weighted by Gasteiger charge is 1.92. The van der Waals surface area contributed by atoms with Gasteiger partial charge in [0.2, 0.25) is 0 Å². The summed E-state index contributed by atoms with van der Waals surface area (Å²) in [4.78, 5) is 12.8. The Labute approximate surface area is 80.8 Å². The fourth-order valence-corrected chi connectivity index (χ4v) is 1.04. The van der Waals surface area contributed by atoms with Gasteiger partial charge in [-0.05, 0) is 47.0 Å². The molecule has 0 unspecified atom stereocenters. The van der Waals surface area contributed by atoms with Crippen LogP contribution in [0.1, 0.15) is 20.3 Å². The summed E-state index contributed by atoms with van der Waals surface area (Å²) in [6.45, 7) is 5.47. The van der Waals surface area contributed by atoms with E-state index in [1.807, 2.05) is 6.92 Å². The van der Waals surface area contributed by atoms with Crippen molar-refractivity contribution in [2.24, 2.45) is 0 Å². The van der Waals surface area contributed by atoms with Gasteiger partial charge in [0, 0.05) is 12.2 Å². The van der Waals surface area contributed by atoms with Crippen LogP contribution in [0.5, 0.6) is 0 Å². The lowest BCUT2D eigenvalue weighted by Crippen LogP contribution is -2.20. The van der Waals surface area contributed by atoms with Crippen molar-refractivity contribution in [1.29, 1.82) is 0 Å². The molecule has 0 aromatic heterocycles. The van der Waals surface area contributed by atoms with Gasteiger partial charge in [-0.25, -0.2) is 0 Å². The van der Waals surface area contributed by atoms with E-state index in [9.17, 15) is 4.79 Å². The summed E-state index contributed by atoms with van der Waals surface area (Å²) in [5.74, 6) is 0.0950. The van der Waals surface area contributed by atoms with Crippen LogP contribution in [0.2, 0.25) is 0 Å². The van der Waals surface area contributed by atoms with Gasteiger partial charge in [0.25, 0.3) is 0 Å². The molecule has 0 rings (SSSR count). The van der Waals surface area contributed by atoms with Gasteiger partial charge in [-0.2, -0.15) is 0 Å². The fourth-order valence-electron chi connectivity index (χ4n) is 1.04. The SMILES string of the molecule is CC(=O)/C=C(\C)NCCCN(C)C. The summed E-state index contributed by atoms with van der Waals surface area (Å²) >= 11 is 0. The molecular formula is C10H20N2O. The van der Waals surface area contributed by atoms with Crippen LogP contribution in [0, 0.1) is 0 Å². The number of nitrogens with one attached hydrogen (secondary N) is 1. The topological polar surface area (TPSA) is 32.3 Å². The van der Waals surface area contributed by atoms with Crippen LogP contribution in [0.3, 0.4) is 0 Å². The summed E-state index contributed by atoms with van der Waals surface area (Å²) < 4.78 is 0. The van der Waals surface area contributed by atoms with Crippen molar-refractivity contribution in [3.05, 3.63) is 11.8 Å². The Morgan fingerprint density at radius 1 is 1.38 bits per heavy atom. The fraction of sp³-hybridized carbons (Fsp3) is 0.700. The molecule has 0 spiro atoms. The highest BCUT2D eigenvalue weighted by Crippen LogP contribution is 1.88. The predicted octanol–water partition coefficient (Wildman–Crippen LogP) is 1.02. The van der Waals surface area contributed by atoms with E-state index >= 15 is 0 Å². The summed E-state index contributed by atoms with van der Waals surface area (Å²) in [6.07, 6.45) is 2.71. The Morgan fingerprint density at radius 3 is 2.46 bits per heavy atom. The van der Waals surface area contributed by atoms with Gasteiger partial charge in [0.15, 0.2) is 5.78 Å². The number of nitrogens with zero attached hydrogens (tertiary/aromatic N) is 1. The molecule has 0 aromatic carbocycles. The van der Waals surface area contributed by atoms with Crippen molar-refractivity contribution in [3.63, 3.8) is 0 Å². The van der Waals surface area contributed by atoms with Crippen LogP contribution in [-0.4, -0.2) is 37.9 Å². The third-order valence-electron chi connectivity index (χ3n) is 1.61. The van der Waals surface area contributed by atoms with E-state index in [1.54, 1.807) is 13.0 Å². The van der Waals surface area contributed by atoms with Crippen LogP contribution in [-0.2, 0) is 4.79 Å². The van der Waals surface area contributed by atoms with Crippen molar-refractivity contribution in [2.75, 3.05) is 27.2 Å². The van der Waals surface area contributed by atoms with Crippen LogP contribution in [0.15, 0.2) is 11.8 Å². The number of hydrogen-bond donors (Lipinski definition) is 1. The standard InChI is InChI=1S/C10H20N2O/c1-9(8-10(2)13)11-6-5-7-12(3)4/h8,11H,5-7H2,1-4H3/b9-8+. The van der Waals surface area contributed by atoms with E-state index in [2.05, 4.69) is 24.3 Å². The molecule has 0 fully saturated rings. The smallest absolute Gasteiger partial charge is 0.154 e. The Morgan fingerprint density at radius 2 is 2.00 bits per heavy atom. The van der Waals surface area contributed by atoms with Crippen LogP contribution < -0.4 is 5.32 Å². The lowest BCUT2D eigenvalue weighted by atomic mass is 10.3. The Kier molecular flexibility index (Phi) is 6.24. The van der Waals surface area contributed by atoms with Crippen LogP contribution in [0.25, 0.3) is 0 Å². The molecule has 0 saturated carbocycles. The predicted molar refractivity (Wildman–Crippen MR) is 55.6 cm³/mol. The first kappa shape index (κ1) is 12.2. The van der Waals surface area contributed by atoms with Gasteiger partial charge in [-0.15, -0.1) is 0 Å². The van der Waals surface area contributed by atoms with Crippen molar-refractivity contribution < 1.29 is 4.79 Å². The highest BCUT2D eigenvalue weighted by atomic mass is 16.1. The average Bonchev–Trinajstić information content (AvgIpc) is 1.96. The first-order valence-electron chi connectivity index (χ1n) is 4.60. The molecule has 0 atom stereocenters. The van der Waals surface area contributed by atoms with Gasteiger partial charge < -0.3 is 10.2 Å². The van der Waals surface area contributed by atoms with Crippen molar-refractivity contribution >= 4 is 5.78 Å². The Balaban J connectivity index is 3.48. The summed E-state index contributed by atoms with van der Waals surface area (Å²) in [7, 11) is 4.11. The minimum absolute atomic E-state index is 0.0950. The average molecular weight is 184 g/mol. The zero-order valence-electron chi connectivity index (χ0n) is 9.05. The molecule has 76 valence electrons. The van der Waals surface area contributed by atoms with E-state index in [0.717, 1.165) is 25.2 Å². The molecule has 0 aromatic rings. The molecule has 0 amide bonds. The lowest BCUT2D eigenvalue weighted by Gasteiger charge is -2.10. The molecule has 0 aliphatic carbocycles. The molecule has 13 heavy (non-hydrogen) atoms. The maximum Gasteiger partial charge on any atom is 0.154 e. The minimum Gasteiger partial charge on any atom is -0.388 e. The summed E-state index contributed by atoms with van der Waals surface area (Å²) in [5, 5.41) is 3.18. The second-order valence-corrected chi connectivity index (χ2v) is 3.52. The normalized spacial score (nSPS) is 11.9. The Hall–Kier alpha value is -0.830. The molecule has 0 aliphatic heterocycles. The number of allylic oxidation sites excluding steroid dienone is 2. The van der Waals surface area contributed by atoms with Gasteiger partial charge in [0.1, 0.15) is 0 Å². The van der Waals surface area contributed by atoms with Crippen LogP contribution >= 0.6 is 0 Å². The monoisotopic (exact) mass is 184 g/mol. The van der Waals surface area contributed by atoms with Crippen LogP contribution in [0.4, 0.5) is 0 Å². The zero-order valence-corrected chi connectivity index (χ0v) is 9.05. The largest absolute Gasteiger partial charge is 0.388 e. The third-order valence-corrected chi connectivity index (χ3v) is 1.61. The second kappa shape index (κ2) is 6.66. The number of carbonyl (C=O) groups is 1. The summed E-state index contributed by atoms with van der Waals surface area (Å²) in [6, 6.07) is 0. The molecule has 0 radical (unpaired) electrons. The van der Waals surface area contributed by atoms with E-state index in [0.29, 0.717) is 0 Å². The zero-order chi connectivity index (χ0) is 10.3. The molecule has 0 aliphatic rings. The van der Waals surface area contributed by atoms with Gasteiger partial charge in [0.05, 0.1) is 0 Å². The van der Waals surface area contributed by atoms with Gasteiger partial charge >= 0.3 is 0 Å². The Bertz CT molecular complexity index is 185. The molecular weight excluding hydrogens is 164 g/mol. The van der Waals surface area contributed by atoms with E-state index in [-0.39, 0.29) is 5.78 Å². The molecule has 1 N–H and O–H groups in total. The van der Waals surface area contributed by atoms with Crippen molar-refractivity contribution in [3.8, 4) is 0 Å². The molecule has 3 heteroatoms. The second-order valence-electron chi connectivity index (χ2n) is 3.52. The molecule has 0 heterocycles. The summed E-state index contributed by atoms with van der Waals surface area (Å²) in [5.41, 5.74) is 0.950. The first-order chi connectivity index (χ1) is 6.02. The van der Waals surface area contributed by atoms with E-state index in [1.165, 1.54) is 0 Å². The van der Waals surface area contributed by atoms with E-state index in [4.69, 9.17) is 0 Å². The maximum absolute atomic E-state index is 10.7. The lowest BCUT2D eigenvalue weighted by molar-refractivity contribution is -0.112. The molecule has 0 bridgehead atoms. The first-order valence-corrected chi connectivity index (χ1v) is 4.60. The minimum atomic E-state index is 0.0950. The van der Waals surface area contributed by atoms with Gasteiger partial charge in [-0.1, -0.05) is 0 Å². The molecule has 3 nitrogen and oxygen atoms in total. The number of hydrogen-bond acceptors (Lipinski definition) is 3. The number of carbonyl (C=O) groups excluding carboxylic acids is 1.